The molecule has 0 unspecified atom stereocenters. The number of hydrogen-bond donors (Lipinski definition) is 3. The third kappa shape index (κ3) is 2.57. The number of nitrogens with zero attached hydrogens (tertiary/aromatic N) is 1. The Morgan fingerprint density at radius 3 is 2.28 bits per heavy atom. The number of nitrogens with two attached hydrogens (primary N) is 1. The van der Waals surface area contributed by atoms with E-state index in [0.717, 1.165) is 4.70 Å². The number of anilines is 3. The largest absolute Gasteiger partial charge is 0.375 e. The smallest absolute Gasteiger partial charge is 0.221 e. The summed E-state index contributed by atoms with van der Waals surface area (Å²) in [7, 11) is 0. The van der Waals surface area contributed by atoms with Gasteiger partial charge < -0.3 is 16.4 Å². The van der Waals surface area contributed by atoms with Crippen LogP contribution in [0.5, 0.6) is 0 Å². The van der Waals surface area contributed by atoms with Crippen LogP contribution in [0.1, 0.15) is 13.8 Å². The summed E-state index contributed by atoms with van der Waals surface area (Å²) in [4.78, 5) is 26.4. The maximum Gasteiger partial charge on any atom is 0.221 e. The van der Waals surface area contributed by atoms with Crippen molar-refractivity contribution in [3.05, 3.63) is 12.1 Å². The molecule has 18 heavy (non-hydrogen) atoms. The van der Waals surface area contributed by atoms with Crippen molar-refractivity contribution in [2.45, 2.75) is 13.8 Å². The number of benzene rings is 1. The van der Waals surface area contributed by atoms with Crippen LogP contribution >= 0.6 is 11.3 Å². The third-order valence-electron chi connectivity index (χ3n) is 2.17. The first kappa shape index (κ1) is 12.3. The van der Waals surface area contributed by atoms with Gasteiger partial charge in [0, 0.05) is 13.8 Å². The van der Waals surface area contributed by atoms with Crippen LogP contribution in [-0.4, -0.2) is 16.8 Å². The van der Waals surface area contributed by atoms with Crippen molar-refractivity contribution in [3.63, 3.8) is 0 Å². The van der Waals surface area contributed by atoms with E-state index in [1.54, 1.807) is 12.1 Å². The van der Waals surface area contributed by atoms with E-state index in [1.807, 2.05) is 0 Å². The molecule has 0 saturated carbocycles. The average molecular weight is 264 g/mol. The van der Waals surface area contributed by atoms with Crippen molar-refractivity contribution in [2.24, 2.45) is 0 Å². The summed E-state index contributed by atoms with van der Waals surface area (Å²) in [5.41, 5.74) is 7.36. The Morgan fingerprint density at radius 2 is 1.72 bits per heavy atom. The lowest BCUT2D eigenvalue weighted by Crippen LogP contribution is -2.12. The van der Waals surface area contributed by atoms with Gasteiger partial charge in [-0.25, -0.2) is 4.98 Å². The van der Waals surface area contributed by atoms with Gasteiger partial charge in [0.05, 0.1) is 21.6 Å². The Labute approximate surface area is 107 Å². The monoisotopic (exact) mass is 264 g/mol. The fourth-order valence-corrected chi connectivity index (χ4v) is 2.33. The van der Waals surface area contributed by atoms with Gasteiger partial charge in [0.1, 0.15) is 0 Å². The SMILES string of the molecule is CC(=O)Nc1cc2nc(N)sc2cc1NC(C)=O. The quantitative estimate of drug-likeness (QED) is 0.770. The van der Waals surface area contributed by atoms with Crippen LogP contribution in [-0.2, 0) is 9.59 Å². The Morgan fingerprint density at radius 1 is 1.17 bits per heavy atom. The van der Waals surface area contributed by atoms with E-state index < -0.39 is 0 Å². The summed E-state index contributed by atoms with van der Waals surface area (Å²) in [6.45, 7) is 2.81. The van der Waals surface area contributed by atoms with Crippen molar-refractivity contribution in [1.29, 1.82) is 0 Å². The molecule has 0 radical (unpaired) electrons. The van der Waals surface area contributed by atoms with E-state index >= 15 is 0 Å². The van der Waals surface area contributed by atoms with Crippen LogP contribution in [0.4, 0.5) is 16.5 Å². The first-order chi connectivity index (χ1) is 8.45. The van der Waals surface area contributed by atoms with Gasteiger partial charge in [-0.15, -0.1) is 0 Å². The fourth-order valence-electron chi connectivity index (χ4n) is 1.58. The zero-order chi connectivity index (χ0) is 13.3. The molecule has 0 aliphatic carbocycles. The molecule has 0 fully saturated rings. The summed E-state index contributed by atoms with van der Waals surface area (Å²) in [5.74, 6) is -0.428. The number of amides is 2. The number of fused-ring (bicyclic) bond motifs is 1. The second-order valence-electron chi connectivity index (χ2n) is 3.78. The van der Waals surface area contributed by atoms with Gasteiger partial charge in [0.2, 0.25) is 11.8 Å². The molecule has 0 bridgehead atoms. The second-order valence-corrected chi connectivity index (χ2v) is 4.84. The van der Waals surface area contributed by atoms with E-state index in [4.69, 9.17) is 5.73 Å². The number of aromatic nitrogens is 1. The van der Waals surface area contributed by atoms with Crippen molar-refractivity contribution < 1.29 is 9.59 Å². The fraction of sp³-hybridized carbons (Fsp3) is 0.182. The van der Waals surface area contributed by atoms with E-state index in [9.17, 15) is 9.59 Å². The molecule has 6 nitrogen and oxygen atoms in total. The molecular weight excluding hydrogens is 252 g/mol. The van der Waals surface area contributed by atoms with Crippen LogP contribution in [0.15, 0.2) is 12.1 Å². The summed E-state index contributed by atoms with van der Waals surface area (Å²) >= 11 is 1.32. The number of rotatable bonds is 2. The minimum atomic E-state index is -0.218. The molecule has 0 saturated heterocycles. The summed E-state index contributed by atoms with van der Waals surface area (Å²) in [6, 6.07) is 3.44. The highest BCUT2D eigenvalue weighted by Crippen LogP contribution is 2.32. The molecule has 0 atom stereocenters. The molecule has 1 aromatic carbocycles. The van der Waals surface area contributed by atoms with Gasteiger partial charge in [-0.2, -0.15) is 0 Å². The summed E-state index contributed by atoms with van der Waals surface area (Å²) in [5, 5.41) is 5.76. The number of thiazole rings is 1. The Bertz CT molecular complexity index is 582. The molecule has 2 aromatic rings. The number of nitrogens with one attached hydrogen (secondary N) is 2. The second kappa shape index (κ2) is 4.61. The topological polar surface area (TPSA) is 97.1 Å². The van der Waals surface area contributed by atoms with Gasteiger partial charge in [-0.3, -0.25) is 9.59 Å². The zero-order valence-corrected chi connectivity index (χ0v) is 10.7. The number of carbonyl (C=O) groups is 2. The molecular formula is C11H12N4O2S. The van der Waals surface area contributed by atoms with Crippen LogP contribution in [0, 0.1) is 0 Å². The van der Waals surface area contributed by atoms with Gasteiger partial charge in [0.25, 0.3) is 0 Å². The molecule has 0 aliphatic rings. The molecule has 7 heteroatoms. The molecule has 0 spiro atoms. The number of hydrogen-bond acceptors (Lipinski definition) is 5. The van der Waals surface area contributed by atoms with Crippen molar-refractivity contribution in [2.75, 3.05) is 16.4 Å². The highest BCUT2D eigenvalue weighted by molar-refractivity contribution is 7.22. The van der Waals surface area contributed by atoms with E-state index in [-0.39, 0.29) is 11.8 Å². The predicted molar refractivity (Wildman–Crippen MR) is 72.6 cm³/mol. The van der Waals surface area contributed by atoms with Crippen LogP contribution < -0.4 is 16.4 Å². The van der Waals surface area contributed by atoms with E-state index in [1.165, 1.54) is 25.2 Å². The molecule has 1 heterocycles. The maximum absolute atomic E-state index is 11.1. The first-order valence-corrected chi connectivity index (χ1v) is 6.02. The predicted octanol–water partition coefficient (Wildman–Crippen LogP) is 1.80. The molecule has 94 valence electrons. The highest BCUT2D eigenvalue weighted by Gasteiger charge is 2.10. The average Bonchev–Trinajstić information content (AvgIpc) is 2.56. The molecule has 1 aromatic heterocycles. The third-order valence-corrected chi connectivity index (χ3v) is 3.01. The molecule has 4 N–H and O–H groups in total. The summed E-state index contributed by atoms with van der Waals surface area (Å²) in [6.07, 6.45) is 0. The lowest BCUT2D eigenvalue weighted by atomic mass is 10.2. The minimum Gasteiger partial charge on any atom is -0.375 e. The van der Waals surface area contributed by atoms with Crippen LogP contribution in [0.3, 0.4) is 0 Å². The Balaban J connectivity index is 2.54. The van der Waals surface area contributed by atoms with E-state index in [0.29, 0.717) is 22.0 Å². The van der Waals surface area contributed by atoms with Crippen molar-refractivity contribution in [1.82, 2.24) is 4.98 Å². The van der Waals surface area contributed by atoms with Gasteiger partial charge >= 0.3 is 0 Å². The van der Waals surface area contributed by atoms with Gasteiger partial charge in [-0.1, -0.05) is 11.3 Å². The zero-order valence-electron chi connectivity index (χ0n) is 9.90. The Hall–Kier alpha value is -2.15. The Kier molecular flexibility index (Phi) is 3.15. The summed E-state index contributed by atoms with van der Waals surface area (Å²) < 4.78 is 0.852. The molecule has 2 amide bonds. The number of nitrogen functional groups attached to an aromatic ring is 1. The normalized spacial score (nSPS) is 10.3. The van der Waals surface area contributed by atoms with Gasteiger partial charge in [-0.05, 0) is 12.1 Å². The minimum absolute atomic E-state index is 0.210. The number of carbonyl (C=O) groups excluding carboxylic acids is 2. The lowest BCUT2D eigenvalue weighted by Gasteiger charge is -2.10. The van der Waals surface area contributed by atoms with Crippen LogP contribution in [0.2, 0.25) is 0 Å². The molecule has 2 rings (SSSR count). The first-order valence-electron chi connectivity index (χ1n) is 5.21. The van der Waals surface area contributed by atoms with Crippen molar-refractivity contribution >= 4 is 49.9 Å². The highest BCUT2D eigenvalue weighted by atomic mass is 32.1. The lowest BCUT2D eigenvalue weighted by molar-refractivity contribution is -0.115. The van der Waals surface area contributed by atoms with Crippen LogP contribution in [0.25, 0.3) is 10.2 Å². The standard InChI is InChI=1S/C11H12N4O2S/c1-5(16)13-7-3-9-10(18-11(12)15-9)4-8(7)14-6(2)17/h3-4H,1-2H3,(H2,12,15)(H,13,16)(H,14,17). The van der Waals surface area contributed by atoms with Crippen molar-refractivity contribution in [3.8, 4) is 0 Å². The van der Waals surface area contributed by atoms with E-state index in [2.05, 4.69) is 15.6 Å². The maximum atomic E-state index is 11.1. The molecule has 0 aliphatic heterocycles. The van der Waals surface area contributed by atoms with Gasteiger partial charge in [0.15, 0.2) is 5.13 Å².